The van der Waals surface area contributed by atoms with Crippen LogP contribution in [0.2, 0.25) is 0 Å². The number of amides is 1. The number of anilines is 1. The van der Waals surface area contributed by atoms with Gasteiger partial charge in [0.2, 0.25) is 0 Å². The number of hydrogen-bond acceptors (Lipinski definition) is 2. The van der Waals surface area contributed by atoms with Crippen molar-refractivity contribution in [3.05, 3.63) is 64.1 Å². The third kappa shape index (κ3) is 3.85. The number of rotatable bonds is 5. The highest BCUT2D eigenvalue weighted by Crippen LogP contribution is 2.20. The molecule has 0 aromatic heterocycles. The average Bonchev–Trinajstić information content (AvgIpc) is 2.49. The minimum Gasteiger partial charge on any atom is -0.398 e. The largest absolute Gasteiger partial charge is 0.398 e. The summed E-state index contributed by atoms with van der Waals surface area (Å²) in [6.07, 6.45) is 0.906. The molecule has 0 aliphatic heterocycles. The van der Waals surface area contributed by atoms with Crippen molar-refractivity contribution in [2.45, 2.75) is 19.9 Å². The Balaban J connectivity index is 2.25. The fraction of sp³-hybridized carbons (Fsp3) is 0.235. The first-order valence-electron chi connectivity index (χ1n) is 7.00. The van der Waals surface area contributed by atoms with E-state index in [1.54, 1.807) is 0 Å². The van der Waals surface area contributed by atoms with Crippen LogP contribution in [0.3, 0.4) is 0 Å². The van der Waals surface area contributed by atoms with E-state index in [9.17, 15) is 4.79 Å². The Morgan fingerprint density at radius 1 is 1.14 bits per heavy atom. The van der Waals surface area contributed by atoms with Crippen molar-refractivity contribution in [2.75, 3.05) is 12.3 Å². The van der Waals surface area contributed by atoms with Crippen molar-refractivity contribution in [1.82, 2.24) is 4.90 Å². The number of carbonyl (C=O) groups excluding carboxylic acids is 1. The van der Waals surface area contributed by atoms with Gasteiger partial charge >= 0.3 is 0 Å². The van der Waals surface area contributed by atoms with Crippen molar-refractivity contribution in [2.24, 2.45) is 0 Å². The van der Waals surface area contributed by atoms with Gasteiger partial charge in [-0.05, 0) is 46.1 Å². The van der Waals surface area contributed by atoms with Crippen molar-refractivity contribution in [3.63, 3.8) is 0 Å². The second-order valence-corrected chi connectivity index (χ2v) is 5.76. The van der Waals surface area contributed by atoms with Crippen LogP contribution in [-0.2, 0) is 6.54 Å². The van der Waals surface area contributed by atoms with Gasteiger partial charge in [-0.3, -0.25) is 4.79 Å². The molecule has 0 fully saturated rings. The van der Waals surface area contributed by atoms with E-state index in [2.05, 4.69) is 22.9 Å². The van der Waals surface area contributed by atoms with Gasteiger partial charge in [0.1, 0.15) is 0 Å². The van der Waals surface area contributed by atoms with Crippen LogP contribution in [-0.4, -0.2) is 17.4 Å². The Morgan fingerprint density at radius 2 is 1.81 bits per heavy atom. The summed E-state index contributed by atoms with van der Waals surface area (Å²) in [5.41, 5.74) is 8.37. The highest BCUT2D eigenvalue weighted by Gasteiger charge is 2.18. The number of para-hydroxylation sites is 1. The van der Waals surface area contributed by atoms with Crippen LogP contribution in [0.4, 0.5) is 5.69 Å². The monoisotopic (exact) mass is 346 g/mol. The third-order valence-electron chi connectivity index (χ3n) is 3.30. The number of benzene rings is 2. The molecule has 0 radical (unpaired) electrons. The fourth-order valence-corrected chi connectivity index (χ4v) is 2.67. The maximum Gasteiger partial charge on any atom is 0.255 e. The van der Waals surface area contributed by atoms with E-state index < -0.39 is 0 Å². The van der Waals surface area contributed by atoms with Gasteiger partial charge in [-0.2, -0.15) is 0 Å². The number of hydrogen-bond donors (Lipinski definition) is 1. The molecule has 1 amide bonds. The van der Waals surface area contributed by atoms with E-state index >= 15 is 0 Å². The standard InChI is InChI=1S/C17H19BrN2O/c1-2-11-20(12-13-7-3-6-10-16(13)19)17(21)14-8-4-5-9-15(14)18/h3-10H,2,11-12,19H2,1H3. The summed E-state index contributed by atoms with van der Waals surface area (Å²) in [6, 6.07) is 15.2. The molecule has 0 unspecified atom stereocenters. The Labute approximate surface area is 133 Å². The number of nitrogen functional groups attached to an aromatic ring is 1. The van der Waals surface area contributed by atoms with E-state index in [1.807, 2.05) is 53.4 Å². The molecule has 0 bridgehead atoms. The number of halogens is 1. The molecule has 0 atom stereocenters. The summed E-state index contributed by atoms with van der Waals surface area (Å²) in [5.74, 6) is 0.0209. The minimum atomic E-state index is 0.0209. The smallest absolute Gasteiger partial charge is 0.255 e. The Bertz CT molecular complexity index is 628. The van der Waals surface area contributed by atoms with E-state index in [4.69, 9.17) is 5.73 Å². The number of nitrogens with two attached hydrogens (primary N) is 1. The second-order valence-electron chi connectivity index (χ2n) is 4.91. The predicted molar refractivity (Wildman–Crippen MR) is 90.0 cm³/mol. The van der Waals surface area contributed by atoms with Gasteiger partial charge in [0, 0.05) is 23.2 Å². The number of nitrogens with zero attached hydrogens (tertiary/aromatic N) is 1. The Kier molecular flexibility index (Phi) is 5.39. The Hall–Kier alpha value is -1.81. The van der Waals surface area contributed by atoms with Gasteiger partial charge in [0.25, 0.3) is 5.91 Å². The summed E-state index contributed by atoms with van der Waals surface area (Å²) in [4.78, 5) is 14.6. The van der Waals surface area contributed by atoms with Crippen LogP contribution >= 0.6 is 15.9 Å². The molecule has 0 aliphatic rings. The van der Waals surface area contributed by atoms with Gasteiger partial charge in [-0.25, -0.2) is 0 Å². The first-order chi connectivity index (χ1) is 10.1. The van der Waals surface area contributed by atoms with Crippen molar-refractivity contribution in [1.29, 1.82) is 0 Å². The molecule has 4 heteroatoms. The molecule has 0 saturated carbocycles. The molecular formula is C17H19BrN2O. The normalized spacial score (nSPS) is 10.4. The van der Waals surface area contributed by atoms with E-state index in [0.29, 0.717) is 18.7 Å². The lowest BCUT2D eigenvalue weighted by Gasteiger charge is -2.23. The molecule has 21 heavy (non-hydrogen) atoms. The quantitative estimate of drug-likeness (QED) is 0.829. The fourth-order valence-electron chi connectivity index (χ4n) is 2.21. The summed E-state index contributed by atoms with van der Waals surface area (Å²) in [5, 5.41) is 0. The van der Waals surface area contributed by atoms with Gasteiger partial charge in [0.05, 0.1) is 5.56 Å². The minimum absolute atomic E-state index is 0.0209. The summed E-state index contributed by atoms with van der Waals surface area (Å²) >= 11 is 3.44. The van der Waals surface area contributed by atoms with Gasteiger partial charge in [0.15, 0.2) is 0 Å². The van der Waals surface area contributed by atoms with E-state index in [0.717, 1.165) is 22.1 Å². The van der Waals surface area contributed by atoms with Crippen LogP contribution in [0.15, 0.2) is 53.0 Å². The molecule has 2 rings (SSSR count). The van der Waals surface area contributed by atoms with Gasteiger partial charge < -0.3 is 10.6 Å². The molecule has 2 aromatic rings. The topological polar surface area (TPSA) is 46.3 Å². The average molecular weight is 347 g/mol. The van der Waals surface area contributed by atoms with Crippen LogP contribution in [0.1, 0.15) is 29.3 Å². The zero-order chi connectivity index (χ0) is 15.2. The lowest BCUT2D eigenvalue weighted by molar-refractivity contribution is 0.0742. The molecule has 3 nitrogen and oxygen atoms in total. The first-order valence-corrected chi connectivity index (χ1v) is 7.80. The third-order valence-corrected chi connectivity index (χ3v) is 3.99. The summed E-state index contributed by atoms with van der Waals surface area (Å²) < 4.78 is 0.817. The molecule has 0 spiro atoms. The molecule has 0 saturated heterocycles. The maximum absolute atomic E-state index is 12.7. The molecule has 2 N–H and O–H groups in total. The highest BCUT2D eigenvalue weighted by molar-refractivity contribution is 9.10. The van der Waals surface area contributed by atoms with Gasteiger partial charge in [-0.15, -0.1) is 0 Å². The first kappa shape index (κ1) is 15.6. The maximum atomic E-state index is 12.7. The van der Waals surface area contributed by atoms with Gasteiger partial charge in [-0.1, -0.05) is 37.3 Å². The lowest BCUT2D eigenvalue weighted by atomic mass is 10.1. The predicted octanol–water partition coefficient (Wildman–Crippen LogP) is 4.08. The molecule has 110 valence electrons. The Morgan fingerprint density at radius 3 is 2.48 bits per heavy atom. The zero-order valence-corrected chi connectivity index (χ0v) is 13.6. The molecular weight excluding hydrogens is 328 g/mol. The van der Waals surface area contributed by atoms with Crippen LogP contribution in [0.25, 0.3) is 0 Å². The van der Waals surface area contributed by atoms with Crippen LogP contribution in [0.5, 0.6) is 0 Å². The van der Waals surface area contributed by atoms with Crippen molar-refractivity contribution in [3.8, 4) is 0 Å². The van der Waals surface area contributed by atoms with E-state index in [-0.39, 0.29) is 5.91 Å². The summed E-state index contributed by atoms with van der Waals surface area (Å²) in [7, 11) is 0. The van der Waals surface area contributed by atoms with Crippen LogP contribution in [0, 0.1) is 0 Å². The molecule has 0 heterocycles. The zero-order valence-electron chi connectivity index (χ0n) is 12.1. The SMILES string of the molecule is CCCN(Cc1ccccc1N)C(=O)c1ccccc1Br. The molecule has 0 aliphatic carbocycles. The second kappa shape index (κ2) is 7.27. The van der Waals surface area contributed by atoms with Crippen LogP contribution < -0.4 is 5.73 Å². The van der Waals surface area contributed by atoms with Crippen molar-refractivity contribution >= 4 is 27.5 Å². The summed E-state index contributed by atoms with van der Waals surface area (Å²) in [6.45, 7) is 3.30. The highest BCUT2D eigenvalue weighted by atomic mass is 79.9. The van der Waals surface area contributed by atoms with Crippen molar-refractivity contribution < 1.29 is 4.79 Å². The molecule has 2 aromatic carbocycles. The number of carbonyl (C=O) groups is 1. The lowest BCUT2D eigenvalue weighted by Crippen LogP contribution is -2.31. The van der Waals surface area contributed by atoms with E-state index in [1.165, 1.54) is 0 Å².